The van der Waals surface area contributed by atoms with Crippen LogP contribution in [0.2, 0.25) is 0 Å². The second-order valence-corrected chi connectivity index (χ2v) is 5.31. The van der Waals surface area contributed by atoms with E-state index in [2.05, 4.69) is 0 Å². The van der Waals surface area contributed by atoms with Gasteiger partial charge in [0.05, 0.1) is 12.2 Å². The summed E-state index contributed by atoms with van der Waals surface area (Å²) in [4.78, 5) is 13.6. The van der Waals surface area contributed by atoms with Gasteiger partial charge in [-0.15, -0.1) is 0 Å². The molecule has 1 amide bonds. The summed E-state index contributed by atoms with van der Waals surface area (Å²) in [6.45, 7) is 2.08. The van der Waals surface area contributed by atoms with Crippen molar-refractivity contribution >= 4 is 5.91 Å². The number of piperidine rings is 1. The molecule has 0 aliphatic carbocycles. The number of nitrogens with zero attached hydrogens (tertiary/aromatic N) is 1. The SMILES string of the molecule is CC1=C(C(=O)N2CCC(O)(C(F)(F)F)CC2)CCCO1. The molecular weight excluding hydrogens is 275 g/mol. The van der Waals surface area contributed by atoms with E-state index in [1.807, 2.05) is 0 Å². The number of hydrogen-bond acceptors (Lipinski definition) is 3. The standard InChI is InChI=1S/C13H18F3NO3/c1-9-10(3-2-8-20-9)11(18)17-6-4-12(19,5-7-17)13(14,15)16/h19H,2-8H2,1H3. The molecule has 0 aromatic rings. The molecule has 1 saturated heterocycles. The number of halogens is 3. The number of alkyl halides is 3. The first-order valence-corrected chi connectivity index (χ1v) is 6.65. The summed E-state index contributed by atoms with van der Waals surface area (Å²) < 4.78 is 43.4. The molecule has 1 fully saturated rings. The van der Waals surface area contributed by atoms with Crippen molar-refractivity contribution in [2.45, 2.75) is 44.4 Å². The summed E-state index contributed by atoms with van der Waals surface area (Å²) in [5, 5.41) is 9.57. The number of carbonyl (C=O) groups excluding carboxylic acids is 1. The van der Waals surface area contributed by atoms with Crippen molar-refractivity contribution in [2.24, 2.45) is 0 Å². The highest BCUT2D eigenvalue weighted by Crippen LogP contribution is 2.38. The van der Waals surface area contributed by atoms with E-state index < -0.39 is 24.6 Å². The van der Waals surface area contributed by atoms with Crippen LogP contribution in [0, 0.1) is 0 Å². The first kappa shape index (κ1) is 15.2. The van der Waals surface area contributed by atoms with Crippen molar-refractivity contribution < 1.29 is 27.8 Å². The Bertz CT molecular complexity index is 423. The third-order valence-corrected chi connectivity index (χ3v) is 3.98. The molecule has 0 bridgehead atoms. The molecule has 0 radical (unpaired) electrons. The molecule has 0 aromatic heterocycles. The van der Waals surface area contributed by atoms with Crippen LogP contribution in [0.4, 0.5) is 13.2 Å². The van der Waals surface area contributed by atoms with E-state index in [0.717, 1.165) is 6.42 Å². The van der Waals surface area contributed by atoms with Gasteiger partial charge in [-0.25, -0.2) is 0 Å². The van der Waals surface area contributed by atoms with Gasteiger partial charge < -0.3 is 14.7 Å². The number of rotatable bonds is 1. The molecule has 2 rings (SSSR count). The van der Waals surface area contributed by atoms with Gasteiger partial charge in [0.25, 0.3) is 5.91 Å². The Morgan fingerprint density at radius 2 is 1.95 bits per heavy atom. The predicted molar refractivity (Wildman–Crippen MR) is 64.7 cm³/mol. The van der Waals surface area contributed by atoms with Gasteiger partial charge in [-0.2, -0.15) is 13.2 Å². The molecule has 2 aliphatic heterocycles. The summed E-state index contributed by atoms with van der Waals surface area (Å²) in [6.07, 6.45) is -4.28. The molecule has 1 N–H and O–H groups in total. The topological polar surface area (TPSA) is 49.8 Å². The number of likely N-dealkylation sites (tertiary alicyclic amines) is 1. The summed E-state index contributed by atoms with van der Waals surface area (Å²) in [5.74, 6) is 0.282. The number of carbonyl (C=O) groups is 1. The van der Waals surface area contributed by atoms with Crippen LogP contribution >= 0.6 is 0 Å². The fourth-order valence-corrected chi connectivity index (χ4v) is 2.55. The molecule has 0 saturated carbocycles. The van der Waals surface area contributed by atoms with Crippen molar-refractivity contribution in [3.8, 4) is 0 Å². The highest BCUT2D eigenvalue weighted by Gasteiger charge is 2.55. The van der Waals surface area contributed by atoms with Gasteiger partial charge in [-0.1, -0.05) is 0 Å². The average molecular weight is 293 g/mol. The monoisotopic (exact) mass is 293 g/mol. The molecule has 0 atom stereocenters. The lowest BCUT2D eigenvalue weighted by Gasteiger charge is -2.39. The molecule has 0 spiro atoms. The maximum atomic E-state index is 12.7. The van der Waals surface area contributed by atoms with Crippen LogP contribution in [0.3, 0.4) is 0 Å². The van der Waals surface area contributed by atoms with E-state index in [0.29, 0.717) is 24.4 Å². The zero-order valence-electron chi connectivity index (χ0n) is 11.3. The quantitative estimate of drug-likeness (QED) is 0.804. The first-order valence-electron chi connectivity index (χ1n) is 6.65. The van der Waals surface area contributed by atoms with Gasteiger partial charge >= 0.3 is 6.18 Å². The van der Waals surface area contributed by atoms with Crippen molar-refractivity contribution in [1.82, 2.24) is 4.90 Å². The van der Waals surface area contributed by atoms with Crippen molar-refractivity contribution in [2.75, 3.05) is 19.7 Å². The van der Waals surface area contributed by atoms with Crippen LogP contribution in [-0.2, 0) is 9.53 Å². The molecule has 0 aromatic carbocycles. The Hall–Kier alpha value is -1.24. The van der Waals surface area contributed by atoms with Crippen LogP contribution in [0.1, 0.15) is 32.6 Å². The zero-order chi connectivity index (χ0) is 15.0. The average Bonchev–Trinajstić information content (AvgIpc) is 2.38. The van der Waals surface area contributed by atoms with Crippen LogP contribution in [-0.4, -0.2) is 47.4 Å². The van der Waals surface area contributed by atoms with Gasteiger partial charge in [-0.3, -0.25) is 4.79 Å². The largest absolute Gasteiger partial charge is 0.498 e. The minimum absolute atomic E-state index is 0.0916. The zero-order valence-corrected chi connectivity index (χ0v) is 11.3. The lowest BCUT2D eigenvalue weighted by atomic mass is 9.90. The molecule has 20 heavy (non-hydrogen) atoms. The highest BCUT2D eigenvalue weighted by atomic mass is 19.4. The van der Waals surface area contributed by atoms with Crippen LogP contribution < -0.4 is 0 Å². The summed E-state index contributed by atoms with van der Waals surface area (Å²) >= 11 is 0. The van der Waals surface area contributed by atoms with Crippen molar-refractivity contribution in [3.63, 3.8) is 0 Å². The van der Waals surface area contributed by atoms with Crippen LogP contribution in [0.15, 0.2) is 11.3 Å². The van der Waals surface area contributed by atoms with E-state index >= 15 is 0 Å². The maximum Gasteiger partial charge on any atom is 0.417 e. The lowest BCUT2D eigenvalue weighted by Crippen LogP contribution is -2.54. The molecule has 2 heterocycles. The van der Waals surface area contributed by atoms with Gasteiger partial charge in [-0.05, 0) is 19.8 Å². The highest BCUT2D eigenvalue weighted by molar-refractivity contribution is 5.94. The third kappa shape index (κ3) is 2.77. The van der Waals surface area contributed by atoms with Crippen molar-refractivity contribution in [1.29, 1.82) is 0 Å². The van der Waals surface area contributed by atoms with Crippen LogP contribution in [0.5, 0.6) is 0 Å². The summed E-state index contributed by atoms with van der Waals surface area (Å²) in [7, 11) is 0. The molecule has 114 valence electrons. The number of ether oxygens (including phenoxy) is 1. The summed E-state index contributed by atoms with van der Waals surface area (Å²) in [5.41, 5.74) is -2.13. The van der Waals surface area contributed by atoms with Gasteiger partial charge in [0.1, 0.15) is 5.76 Å². The van der Waals surface area contributed by atoms with Gasteiger partial charge in [0, 0.05) is 25.9 Å². The number of aliphatic hydroxyl groups is 1. The number of hydrogen-bond donors (Lipinski definition) is 1. The Morgan fingerprint density at radius 1 is 1.35 bits per heavy atom. The van der Waals surface area contributed by atoms with E-state index in [1.54, 1.807) is 6.92 Å². The Kier molecular flexibility index (Phi) is 4.00. The predicted octanol–water partition coefficient (Wildman–Crippen LogP) is 1.99. The fourth-order valence-electron chi connectivity index (χ4n) is 2.55. The fraction of sp³-hybridized carbons (Fsp3) is 0.769. The van der Waals surface area contributed by atoms with E-state index in [-0.39, 0.29) is 19.0 Å². The molecule has 2 aliphatic rings. The molecule has 7 heteroatoms. The molecule has 4 nitrogen and oxygen atoms in total. The molecular formula is C13H18F3NO3. The van der Waals surface area contributed by atoms with Crippen molar-refractivity contribution in [3.05, 3.63) is 11.3 Å². The second kappa shape index (κ2) is 5.27. The smallest absolute Gasteiger partial charge is 0.417 e. The van der Waals surface area contributed by atoms with E-state index in [1.165, 1.54) is 4.90 Å². The normalized spacial score (nSPS) is 23.6. The Morgan fingerprint density at radius 3 is 2.45 bits per heavy atom. The lowest BCUT2D eigenvalue weighted by molar-refractivity contribution is -0.272. The third-order valence-electron chi connectivity index (χ3n) is 3.98. The molecule has 0 unspecified atom stereocenters. The maximum absolute atomic E-state index is 12.7. The Balaban J connectivity index is 2.02. The van der Waals surface area contributed by atoms with E-state index in [9.17, 15) is 23.1 Å². The second-order valence-electron chi connectivity index (χ2n) is 5.31. The minimum Gasteiger partial charge on any atom is -0.498 e. The van der Waals surface area contributed by atoms with Crippen LogP contribution in [0.25, 0.3) is 0 Å². The summed E-state index contributed by atoms with van der Waals surface area (Å²) in [6, 6.07) is 0. The Labute approximate surface area is 115 Å². The first-order chi connectivity index (χ1) is 9.24. The number of amides is 1. The minimum atomic E-state index is -4.65. The van der Waals surface area contributed by atoms with Gasteiger partial charge in [0.15, 0.2) is 5.60 Å². The van der Waals surface area contributed by atoms with E-state index in [4.69, 9.17) is 4.74 Å². The van der Waals surface area contributed by atoms with Gasteiger partial charge in [0.2, 0.25) is 0 Å². The number of allylic oxidation sites excluding steroid dienone is 1.